The second-order valence-electron chi connectivity index (χ2n) is 1.62. The first kappa shape index (κ1) is 8.01. The molecule has 0 radical (unpaired) electrons. The monoisotopic (exact) mass is 134 g/mol. The standard InChI is InChI=1S/C5H10O2S/c1-4(7)5(8)2-3-6/h4,6-7H,2-3H2,1H3. The van der Waals surface area contributed by atoms with Gasteiger partial charge in [0, 0.05) is 17.9 Å². The molecular formula is C5H10O2S. The second kappa shape index (κ2) is 3.95. The van der Waals surface area contributed by atoms with E-state index in [1.165, 1.54) is 0 Å². The molecule has 3 heteroatoms. The van der Waals surface area contributed by atoms with Gasteiger partial charge in [0.2, 0.25) is 0 Å². The average Bonchev–Trinajstić information content (AvgIpc) is 1.67. The topological polar surface area (TPSA) is 40.5 Å². The van der Waals surface area contributed by atoms with Gasteiger partial charge in [0.05, 0.1) is 6.10 Å². The van der Waals surface area contributed by atoms with Crippen LogP contribution in [0, 0.1) is 0 Å². The zero-order valence-electron chi connectivity index (χ0n) is 4.79. The fourth-order valence-corrected chi connectivity index (χ4v) is 0.410. The van der Waals surface area contributed by atoms with E-state index in [1.54, 1.807) is 6.92 Å². The third kappa shape index (κ3) is 3.07. The predicted molar refractivity (Wildman–Crippen MR) is 36.0 cm³/mol. The molecule has 0 saturated heterocycles. The SMILES string of the molecule is CC(O)C(=S)CCO. The Hall–Kier alpha value is 0.01000. The van der Waals surface area contributed by atoms with Crippen molar-refractivity contribution in [3.8, 4) is 0 Å². The molecule has 0 rings (SSSR count). The van der Waals surface area contributed by atoms with E-state index in [2.05, 4.69) is 12.2 Å². The highest BCUT2D eigenvalue weighted by Crippen LogP contribution is 1.91. The van der Waals surface area contributed by atoms with Gasteiger partial charge in [-0.2, -0.15) is 0 Å². The summed E-state index contributed by atoms with van der Waals surface area (Å²) in [5, 5.41) is 17.0. The van der Waals surface area contributed by atoms with Crippen LogP contribution in [-0.4, -0.2) is 27.8 Å². The van der Waals surface area contributed by atoms with Crippen LogP contribution in [0.15, 0.2) is 0 Å². The van der Waals surface area contributed by atoms with Crippen LogP contribution in [-0.2, 0) is 0 Å². The zero-order chi connectivity index (χ0) is 6.57. The number of hydrogen-bond donors (Lipinski definition) is 2. The van der Waals surface area contributed by atoms with Gasteiger partial charge in [0.15, 0.2) is 0 Å². The van der Waals surface area contributed by atoms with E-state index in [4.69, 9.17) is 10.2 Å². The van der Waals surface area contributed by atoms with Crippen molar-refractivity contribution in [2.24, 2.45) is 0 Å². The van der Waals surface area contributed by atoms with Crippen molar-refractivity contribution in [2.75, 3.05) is 6.61 Å². The third-order valence-corrected chi connectivity index (χ3v) is 1.37. The van der Waals surface area contributed by atoms with Gasteiger partial charge in [-0.3, -0.25) is 0 Å². The summed E-state index contributed by atoms with van der Waals surface area (Å²) >= 11 is 4.67. The van der Waals surface area contributed by atoms with Gasteiger partial charge in [-0.25, -0.2) is 0 Å². The maximum atomic E-state index is 8.70. The number of rotatable bonds is 3. The first-order valence-electron chi connectivity index (χ1n) is 2.50. The Morgan fingerprint density at radius 2 is 2.25 bits per heavy atom. The van der Waals surface area contributed by atoms with Crippen LogP contribution in [0.2, 0.25) is 0 Å². The van der Waals surface area contributed by atoms with Crippen molar-refractivity contribution in [1.82, 2.24) is 0 Å². The fourth-order valence-electron chi connectivity index (χ4n) is 0.319. The van der Waals surface area contributed by atoms with Gasteiger partial charge in [-0.05, 0) is 6.92 Å². The zero-order valence-corrected chi connectivity index (χ0v) is 5.61. The lowest BCUT2D eigenvalue weighted by Gasteiger charge is -2.01. The second-order valence-corrected chi connectivity index (χ2v) is 2.14. The molecule has 0 bridgehead atoms. The number of thiocarbonyl (C=S) groups is 1. The Kier molecular flexibility index (Phi) is 3.95. The van der Waals surface area contributed by atoms with Crippen LogP contribution in [0.3, 0.4) is 0 Å². The summed E-state index contributed by atoms with van der Waals surface area (Å²) in [5.74, 6) is 0. The van der Waals surface area contributed by atoms with Gasteiger partial charge in [0.1, 0.15) is 0 Å². The molecule has 8 heavy (non-hydrogen) atoms. The first-order chi connectivity index (χ1) is 3.68. The Morgan fingerprint density at radius 3 is 2.38 bits per heavy atom. The Morgan fingerprint density at radius 1 is 1.75 bits per heavy atom. The van der Waals surface area contributed by atoms with Crippen molar-refractivity contribution in [1.29, 1.82) is 0 Å². The highest BCUT2D eigenvalue weighted by Gasteiger charge is 2.00. The Labute approximate surface area is 54.1 Å². The highest BCUT2D eigenvalue weighted by atomic mass is 32.1. The van der Waals surface area contributed by atoms with Gasteiger partial charge < -0.3 is 10.2 Å². The maximum Gasteiger partial charge on any atom is 0.0824 e. The van der Waals surface area contributed by atoms with Crippen LogP contribution in [0.1, 0.15) is 13.3 Å². The lowest BCUT2D eigenvalue weighted by atomic mass is 10.2. The molecular weight excluding hydrogens is 124 g/mol. The summed E-state index contributed by atoms with van der Waals surface area (Å²) in [6, 6.07) is 0. The smallest absolute Gasteiger partial charge is 0.0824 e. The third-order valence-electron chi connectivity index (χ3n) is 0.824. The Balaban J connectivity index is 3.33. The fraction of sp³-hybridized carbons (Fsp3) is 0.800. The molecule has 0 heterocycles. The number of aliphatic hydroxyl groups is 2. The molecule has 0 aliphatic carbocycles. The van der Waals surface area contributed by atoms with Crippen LogP contribution in [0.25, 0.3) is 0 Å². The van der Waals surface area contributed by atoms with E-state index in [1.807, 2.05) is 0 Å². The lowest BCUT2D eigenvalue weighted by molar-refractivity contribution is 0.254. The quantitative estimate of drug-likeness (QED) is 0.539. The van der Waals surface area contributed by atoms with Gasteiger partial charge >= 0.3 is 0 Å². The first-order valence-corrected chi connectivity index (χ1v) is 2.91. The van der Waals surface area contributed by atoms with Crippen molar-refractivity contribution in [3.05, 3.63) is 0 Å². The van der Waals surface area contributed by atoms with Crippen LogP contribution in [0.4, 0.5) is 0 Å². The van der Waals surface area contributed by atoms with E-state index >= 15 is 0 Å². The molecule has 0 aromatic rings. The minimum absolute atomic E-state index is 0.0315. The van der Waals surface area contributed by atoms with Crippen LogP contribution < -0.4 is 0 Å². The maximum absolute atomic E-state index is 8.70. The summed E-state index contributed by atoms with van der Waals surface area (Å²) in [7, 11) is 0. The summed E-state index contributed by atoms with van der Waals surface area (Å²) in [4.78, 5) is 0.521. The molecule has 0 aromatic carbocycles. The lowest BCUT2D eigenvalue weighted by Crippen LogP contribution is -2.14. The molecule has 1 unspecified atom stereocenters. The molecule has 0 spiro atoms. The van der Waals surface area contributed by atoms with Gasteiger partial charge in [-0.1, -0.05) is 12.2 Å². The molecule has 0 aliphatic rings. The average molecular weight is 134 g/mol. The molecule has 2 nitrogen and oxygen atoms in total. The van der Waals surface area contributed by atoms with E-state index in [0.717, 1.165) is 0 Å². The van der Waals surface area contributed by atoms with Crippen LogP contribution >= 0.6 is 12.2 Å². The summed E-state index contributed by atoms with van der Waals surface area (Å²) in [5.41, 5.74) is 0. The minimum Gasteiger partial charge on any atom is -0.396 e. The van der Waals surface area contributed by atoms with E-state index < -0.39 is 6.10 Å². The summed E-state index contributed by atoms with van der Waals surface area (Å²) in [6.45, 7) is 1.63. The number of hydrogen-bond acceptors (Lipinski definition) is 3. The number of aliphatic hydroxyl groups excluding tert-OH is 2. The van der Waals surface area contributed by atoms with Crippen LogP contribution in [0.5, 0.6) is 0 Å². The van der Waals surface area contributed by atoms with E-state index in [-0.39, 0.29) is 6.61 Å². The van der Waals surface area contributed by atoms with E-state index in [0.29, 0.717) is 11.3 Å². The van der Waals surface area contributed by atoms with Gasteiger partial charge in [0.25, 0.3) is 0 Å². The summed E-state index contributed by atoms with van der Waals surface area (Å²) in [6.07, 6.45) is -0.135. The molecule has 0 aliphatic heterocycles. The molecule has 0 fully saturated rings. The molecule has 0 saturated carbocycles. The van der Waals surface area contributed by atoms with Crippen molar-refractivity contribution in [2.45, 2.75) is 19.4 Å². The normalized spacial score (nSPS) is 13.4. The van der Waals surface area contributed by atoms with Crippen molar-refractivity contribution >= 4 is 17.1 Å². The van der Waals surface area contributed by atoms with Crippen molar-refractivity contribution < 1.29 is 10.2 Å². The molecule has 48 valence electrons. The summed E-state index contributed by atoms with van der Waals surface area (Å²) < 4.78 is 0. The largest absolute Gasteiger partial charge is 0.396 e. The molecule has 2 N–H and O–H groups in total. The van der Waals surface area contributed by atoms with Crippen molar-refractivity contribution in [3.63, 3.8) is 0 Å². The predicted octanol–water partition coefficient (Wildman–Crippen LogP) is 0.119. The van der Waals surface area contributed by atoms with Gasteiger partial charge in [-0.15, -0.1) is 0 Å². The highest BCUT2D eigenvalue weighted by molar-refractivity contribution is 7.80. The van der Waals surface area contributed by atoms with E-state index in [9.17, 15) is 0 Å². The minimum atomic E-state index is -0.558. The molecule has 0 aromatic heterocycles. The molecule has 0 amide bonds. The Bertz CT molecular complexity index is 80.5. The molecule has 1 atom stereocenters.